The normalized spacial score (nSPS) is 9.95. The van der Waals surface area contributed by atoms with Crippen LogP contribution >= 0.6 is 15.9 Å². The molecule has 5 heteroatoms. The first kappa shape index (κ1) is 15.7. The van der Waals surface area contributed by atoms with Gasteiger partial charge in [0.2, 0.25) is 0 Å². The fourth-order valence-electron chi connectivity index (χ4n) is 1.62. The third-order valence-corrected chi connectivity index (χ3v) is 3.35. The van der Waals surface area contributed by atoms with Crippen molar-refractivity contribution in [2.24, 2.45) is 0 Å². The van der Waals surface area contributed by atoms with Crippen LogP contribution in [0, 0.1) is 11.3 Å². The maximum absolute atomic E-state index is 12.3. The molecular formula is C14H17BrN2O2. The number of halogens is 1. The predicted octanol–water partition coefficient (Wildman–Crippen LogP) is 2.58. The number of carbonyl (C=O) groups is 1. The molecule has 0 saturated heterocycles. The summed E-state index contributed by atoms with van der Waals surface area (Å²) in [6.07, 6.45) is 0.328. The number of nitriles is 1. The molecule has 0 spiro atoms. The van der Waals surface area contributed by atoms with E-state index in [0.29, 0.717) is 31.7 Å². The Morgan fingerprint density at radius 1 is 1.37 bits per heavy atom. The molecule has 1 aromatic rings. The van der Waals surface area contributed by atoms with Crippen LogP contribution in [-0.2, 0) is 10.1 Å². The summed E-state index contributed by atoms with van der Waals surface area (Å²) >= 11 is 3.37. The molecule has 0 aromatic heterocycles. The summed E-state index contributed by atoms with van der Waals surface area (Å²) in [5.74, 6) is -0.0616. The molecule has 0 aliphatic rings. The summed E-state index contributed by atoms with van der Waals surface area (Å²) in [4.78, 5) is 14.0. The van der Waals surface area contributed by atoms with Crippen LogP contribution in [0.2, 0.25) is 0 Å². The van der Waals surface area contributed by atoms with Crippen molar-refractivity contribution in [1.29, 1.82) is 5.26 Å². The average molecular weight is 325 g/mol. The largest absolute Gasteiger partial charge is 0.383 e. The second-order valence-electron chi connectivity index (χ2n) is 4.02. The Morgan fingerprint density at radius 3 is 2.58 bits per heavy atom. The lowest BCUT2D eigenvalue weighted by Crippen LogP contribution is -2.34. The lowest BCUT2D eigenvalue weighted by atomic mass is 10.1. The van der Waals surface area contributed by atoms with E-state index in [2.05, 4.69) is 22.0 Å². The molecule has 0 unspecified atom stereocenters. The Labute approximate surface area is 122 Å². The number of hydrogen-bond acceptors (Lipinski definition) is 3. The Kier molecular flexibility index (Phi) is 7.16. The van der Waals surface area contributed by atoms with Gasteiger partial charge >= 0.3 is 0 Å². The minimum atomic E-state index is -0.0616. The fraction of sp³-hybridized carbons (Fsp3) is 0.429. The van der Waals surface area contributed by atoms with Crippen LogP contribution < -0.4 is 0 Å². The van der Waals surface area contributed by atoms with Crippen molar-refractivity contribution in [1.82, 2.24) is 4.90 Å². The van der Waals surface area contributed by atoms with Gasteiger partial charge < -0.3 is 9.64 Å². The molecule has 0 heterocycles. The molecule has 0 bridgehead atoms. The highest BCUT2D eigenvalue weighted by atomic mass is 79.9. The number of nitrogens with zero attached hydrogens (tertiary/aromatic N) is 2. The molecule has 19 heavy (non-hydrogen) atoms. The molecule has 1 aromatic carbocycles. The van der Waals surface area contributed by atoms with E-state index in [-0.39, 0.29) is 5.91 Å². The Hall–Kier alpha value is -1.38. The van der Waals surface area contributed by atoms with Crippen molar-refractivity contribution in [3.8, 4) is 6.07 Å². The lowest BCUT2D eigenvalue weighted by Gasteiger charge is -2.21. The molecule has 0 radical (unpaired) electrons. The van der Waals surface area contributed by atoms with Crippen molar-refractivity contribution in [3.05, 3.63) is 35.4 Å². The average Bonchev–Trinajstić information content (AvgIpc) is 2.47. The topological polar surface area (TPSA) is 53.3 Å². The zero-order valence-electron chi connectivity index (χ0n) is 10.9. The zero-order valence-corrected chi connectivity index (χ0v) is 12.5. The molecule has 0 fully saturated rings. The van der Waals surface area contributed by atoms with Gasteiger partial charge in [0.15, 0.2) is 0 Å². The number of benzene rings is 1. The van der Waals surface area contributed by atoms with Crippen LogP contribution in [0.25, 0.3) is 0 Å². The second kappa shape index (κ2) is 8.68. The number of rotatable bonds is 7. The molecule has 1 amide bonds. The van der Waals surface area contributed by atoms with Crippen LogP contribution in [0.15, 0.2) is 24.3 Å². The number of alkyl halides is 1. The number of amides is 1. The summed E-state index contributed by atoms with van der Waals surface area (Å²) in [7, 11) is 1.59. The Bertz CT molecular complexity index is 440. The van der Waals surface area contributed by atoms with Crippen molar-refractivity contribution in [3.63, 3.8) is 0 Å². The summed E-state index contributed by atoms with van der Waals surface area (Å²) in [5, 5.41) is 9.40. The molecule has 0 saturated carbocycles. The maximum atomic E-state index is 12.3. The highest BCUT2D eigenvalue weighted by Crippen LogP contribution is 2.10. The van der Waals surface area contributed by atoms with Gasteiger partial charge in [0.1, 0.15) is 0 Å². The summed E-state index contributed by atoms with van der Waals surface area (Å²) in [5.41, 5.74) is 1.76. The van der Waals surface area contributed by atoms with E-state index in [1.165, 1.54) is 0 Å². The van der Waals surface area contributed by atoms with Gasteiger partial charge in [-0.2, -0.15) is 5.26 Å². The minimum Gasteiger partial charge on any atom is -0.383 e. The molecule has 102 valence electrons. The van der Waals surface area contributed by atoms with Crippen LogP contribution in [0.5, 0.6) is 0 Å². The third kappa shape index (κ3) is 5.01. The van der Waals surface area contributed by atoms with Crippen molar-refractivity contribution < 1.29 is 9.53 Å². The van der Waals surface area contributed by atoms with Crippen molar-refractivity contribution in [2.45, 2.75) is 11.8 Å². The lowest BCUT2D eigenvalue weighted by molar-refractivity contribution is 0.0700. The van der Waals surface area contributed by atoms with Gasteiger partial charge in [0.25, 0.3) is 5.91 Å². The fourth-order valence-corrected chi connectivity index (χ4v) is 1.99. The van der Waals surface area contributed by atoms with Crippen molar-refractivity contribution in [2.75, 3.05) is 26.8 Å². The zero-order chi connectivity index (χ0) is 14.1. The molecule has 0 aliphatic heterocycles. The minimum absolute atomic E-state index is 0.0616. The first-order valence-corrected chi connectivity index (χ1v) is 7.15. The second-order valence-corrected chi connectivity index (χ2v) is 4.58. The maximum Gasteiger partial charge on any atom is 0.253 e. The molecule has 0 atom stereocenters. The first-order chi connectivity index (χ1) is 9.22. The van der Waals surface area contributed by atoms with E-state index < -0.39 is 0 Å². The van der Waals surface area contributed by atoms with Crippen LogP contribution in [0.1, 0.15) is 22.3 Å². The number of hydrogen-bond donors (Lipinski definition) is 0. The van der Waals surface area contributed by atoms with Crippen molar-refractivity contribution >= 4 is 21.8 Å². The summed E-state index contributed by atoms with van der Waals surface area (Å²) < 4.78 is 4.99. The summed E-state index contributed by atoms with van der Waals surface area (Å²) in [6.45, 7) is 1.40. The molecule has 0 N–H and O–H groups in total. The molecule has 0 aliphatic carbocycles. The number of methoxy groups -OCH3 is 1. The van der Waals surface area contributed by atoms with Gasteiger partial charge in [0.05, 0.1) is 19.1 Å². The van der Waals surface area contributed by atoms with Crippen LogP contribution in [0.4, 0.5) is 0 Å². The highest BCUT2D eigenvalue weighted by Gasteiger charge is 2.14. The number of carbonyl (C=O) groups excluding carboxylic acids is 1. The molecule has 1 rings (SSSR count). The van der Waals surface area contributed by atoms with E-state index in [1.54, 1.807) is 12.0 Å². The van der Waals surface area contributed by atoms with E-state index in [9.17, 15) is 4.79 Å². The Balaban J connectivity index is 2.75. The SMILES string of the molecule is COCCN(CCC#N)C(=O)c1ccc(CBr)cc1. The van der Waals surface area contributed by atoms with Crippen LogP contribution in [0.3, 0.4) is 0 Å². The van der Waals surface area contributed by atoms with E-state index in [1.807, 2.05) is 24.3 Å². The standard InChI is InChI=1S/C14H17BrN2O2/c1-19-10-9-17(8-2-7-16)14(18)13-5-3-12(11-15)4-6-13/h3-6H,2,8-11H2,1H3. The summed E-state index contributed by atoms with van der Waals surface area (Å²) in [6, 6.07) is 9.51. The van der Waals surface area contributed by atoms with Gasteiger partial charge in [-0.05, 0) is 17.7 Å². The Morgan fingerprint density at radius 2 is 2.05 bits per heavy atom. The highest BCUT2D eigenvalue weighted by molar-refractivity contribution is 9.08. The molecular weight excluding hydrogens is 308 g/mol. The number of ether oxygens (including phenoxy) is 1. The first-order valence-electron chi connectivity index (χ1n) is 6.03. The van der Waals surface area contributed by atoms with Gasteiger partial charge in [0, 0.05) is 31.1 Å². The van der Waals surface area contributed by atoms with Gasteiger partial charge in [-0.1, -0.05) is 28.1 Å². The van der Waals surface area contributed by atoms with Crippen LogP contribution in [-0.4, -0.2) is 37.6 Å². The van der Waals surface area contributed by atoms with E-state index in [0.717, 1.165) is 10.9 Å². The van der Waals surface area contributed by atoms with Gasteiger partial charge in [-0.15, -0.1) is 0 Å². The smallest absolute Gasteiger partial charge is 0.253 e. The molecule has 4 nitrogen and oxygen atoms in total. The predicted molar refractivity (Wildman–Crippen MR) is 77.1 cm³/mol. The monoisotopic (exact) mass is 324 g/mol. The quantitative estimate of drug-likeness (QED) is 0.724. The van der Waals surface area contributed by atoms with Gasteiger partial charge in [-0.25, -0.2) is 0 Å². The van der Waals surface area contributed by atoms with E-state index in [4.69, 9.17) is 10.00 Å². The van der Waals surface area contributed by atoms with Gasteiger partial charge in [-0.3, -0.25) is 4.79 Å². The van der Waals surface area contributed by atoms with E-state index >= 15 is 0 Å². The third-order valence-electron chi connectivity index (χ3n) is 2.70.